The Bertz CT molecular complexity index is 1070. The number of likely N-dealkylation sites (N-methyl/N-ethyl adjacent to an activating group) is 1. The molecule has 4 aromatic rings. The number of aryl methyl sites for hydroxylation is 1. The third-order valence-electron chi connectivity index (χ3n) is 5.16. The van der Waals surface area contributed by atoms with Gasteiger partial charge in [0, 0.05) is 54.4 Å². The summed E-state index contributed by atoms with van der Waals surface area (Å²) in [6.07, 6.45) is 8.72. The Morgan fingerprint density at radius 3 is 2.68 bits per heavy atom. The van der Waals surface area contributed by atoms with Crippen LogP contribution >= 0.6 is 0 Å². The minimum Gasteiger partial charge on any atom is -0.299 e. The summed E-state index contributed by atoms with van der Waals surface area (Å²) < 4.78 is 1.87. The average Bonchev–Trinajstić information content (AvgIpc) is 3.12. The van der Waals surface area contributed by atoms with E-state index in [1.165, 1.54) is 5.56 Å². The molecule has 5 heteroatoms. The number of hydrogen-bond donors (Lipinski definition) is 0. The highest BCUT2D eigenvalue weighted by Crippen LogP contribution is 2.23. The first-order valence-electron chi connectivity index (χ1n) is 9.59. The van der Waals surface area contributed by atoms with Gasteiger partial charge in [-0.3, -0.25) is 9.88 Å². The Labute approximate surface area is 165 Å². The smallest absolute Gasteiger partial charge is 0.162 e. The van der Waals surface area contributed by atoms with Crippen LogP contribution in [0, 0.1) is 6.92 Å². The van der Waals surface area contributed by atoms with Crippen molar-refractivity contribution in [1.82, 2.24) is 24.5 Å². The van der Waals surface area contributed by atoms with Crippen molar-refractivity contribution in [3.63, 3.8) is 0 Å². The first-order valence-corrected chi connectivity index (χ1v) is 9.59. The second-order valence-corrected chi connectivity index (χ2v) is 7.45. The molecule has 0 unspecified atom stereocenters. The van der Waals surface area contributed by atoms with Gasteiger partial charge >= 0.3 is 0 Å². The highest BCUT2D eigenvalue weighted by Gasteiger charge is 2.13. The van der Waals surface area contributed by atoms with Crippen molar-refractivity contribution in [3.05, 3.63) is 84.1 Å². The molecule has 0 aliphatic heterocycles. The van der Waals surface area contributed by atoms with Gasteiger partial charge in [0.25, 0.3) is 0 Å². The fraction of sp³-hybridized carbons (Fsp3) is 0.261. The van der Waals surface area contributed by atoms with Gasteiger partial charge in [0.15, 0.2) is 5.65 Å². The maximum atomic E-state index is 4.69. The molecule has 142 valence electrons. The van der Waals surface area contributed by atoms with Crippen molar-refractivity contribution in [2.45, 2.75) is 32.9 Å². The minimum absolute atomic E-state index is 0.377. The summed E-state index contributed by atoms with van der Waals surface area (Å²) in [5.74, 6) is 0. The standard InChI is InChI=1S/C23H25N5/c1-17-9-10-24-21(11-17)12-18(2)27(3)15-19-13-25-23-22(14-26-28(23)16-19)20-7-5-4-6-8-20/h4-11,13-14,16,18H,12,15H2,1-3H3/t18-/m1/s1. The van der Waals surface area contributed by atoms with E-state index in [2.05, 4.69) is 65.3 Å². The van der Waals surface area contributed by atoms with Crippen LogP contribution in [0.4, 0.5) is 0 Å². The van der Waals surface area contributed by atoms with Crippen molar-refractivity contribution in [2.75, 3.05) is 7.05 Å². The number of rotatable bonds is 6. The summed E-state index contributed by atoms with van der Waals surface area (Å²) in [4.78, 5) is 11.5. The lowest BCUT2D eigenvalue weighted by molar-refractivity contribution is 0.246. The van der Waals surface area contributed by atoms with Gasteiger partial charge in [-0.05, 0) is 44.2 Å². The fourth-order valence-corrected chi connectivity index (χ4v) is 3.43. The van der Waals surface area contributed by atoms with Crippen molar-refractivity contribution in [2.24, 2.45) is 0 Å². The Hall–Kier alpha value is -3.05. The molecule has 5 nitrogen and oxygen atoms in total. The molecule has 28 heavy (non-hydrogen) atoms. The van der Waals surface area contributed by atoms with E-state index in [9.17, 15) is 0 Å². The molecule has 1 aromatic carbocycles. The second kappa shape index (κ2) is 7.90. The number of aromatic nitrogens is 4. The van der Waals surface area contributed by atoms with Gasteiger partial charge in [-0.25, -0.2) is 9.50 Å². The van der Waals surface area contributed by atoms with Gasteiger partial charge < -0.3 is 0 Å². The second-order valence-electron chi connectivity index (χ2n) is 7.45. The lowest BCUT2D eigenvalue weighted by Crippen LogP contribution is -2.30. The van der Waals surface area contributed by atoms with E-state index >= 15 is 0 Å². The van der Waals surface area contributed by atoms with Crippen LogP contribution in [0.3, 0.4) is 0 Å². The zero-order chi connectivity index (χ0) is 19.5. The third-order valence-corrected chi connectivity index (χ3v) is 5.16. The van der Waals surface area contributed by atoms with E-state index in [0.29, 0.717) is 6.04 Å². The van der Waals surface area contributed by atoms with Crippen LogP contribution in [0.1, 0.15) is 23.7 Å². The van der Waals surface area contributed by atoms with Crippen LogP contribution in [0.25, 0.3) is 16.8 Å². The van der Waals surface area contributed by atoms with Crippen LogP contribution in [0.5, 0.6) is 0 Å². The van der Waals surface area contributed by atoms with E-state index < -0.39 is 0 Å². The number of fused-ring (bicyclic) bond motifs is 1. The third kappa shape index (κ3) is 3.94. The zero-order valence-corrected chi connectivity index (χ0v) is 16.6. The molecule has 0 aliphatic carbocycles. The maximum absolute atomic E-state index is 4.69. The normalized spacial score (nSPS) is 12.6. The Morgan fingerprint density at radius 2 is 1.89 bits per heavy atom. The molecular weight excluding hydrogens is 346 g/mol. The molecule has 3 aromatic heterocycles. The summed E-state index contributed by atoms with van der Waals surface area (Å²) in [7, 11) is 2.14. The Kier molecular flexibility index (Phi) is 5.17. The molecule has 0 saturated heterocycles. The first kappa shape index (κ1) is 18.3. The SMILES string of the molecule is Cc1ccnc(C[C@@H](C)N(C)Cc2cnc3c(-c4ccccc4)cnn3c2)c1. The topological polar surface area (TPSA) is 46.3 Å². The van der Waals surface area contributed by atoms with Gasteiger partial charge in [0.1, 0.15) is 0 Å². The maximum Gasteiger partial charge on any atom is 0.162 e. The molecule has 0 amide bonds. The average molecular weight is 371 g/mol. The molecule has 0 saturated carbocycles. The predicted molar refractivity (Wildman–Crippen MR) is 112 cm³/mol. The first-order chi connectivity index (χ1) is 13.6. The monoisotopic (exact) mass is 371 g/mol. The van der Waals surface area contributed by atoms with E-state index in [-0.39, 0.29) is 0 Å². The number of pyridine rings is 1. The largest absolute Gasteiger partial charge is 0.299 e. The zero-order valence-electron chi connectivity index (χ0n) is 16.6. The molecule has 0 spiro atoms. The van der Waals surface area contributed by atoms with Gasteiger partial charge in [-0.2, -0.15) is 5.10 Å². The lowest BCUT2D eigenvalue weighted by atomic mass is 10.1. The van der Waals surface area contributed by atoms with Gasteiger partial charge in [0.05, 0.1) is 6.20 Å². The molecule has 1 atom stereocenters. The summed E-state index contributed by atoms with van der Waals surface area (Å²) in [6.45, 7) is 5.15. The molecule has 3 heterocycles. The molecule has 0 radical (unpaired) electrons. The highest BCUT2D eigenvalue weighted by molar-refractivity contribution is 5.76. The number of hydrogen-bond acceptors (Lipinski definition) is 4. The van der Waals surface area contributed by atoms with Crippen LogP contribution in [-0.2, 0) is 13.0 Å². The van der Waals surface area contributed by atoms with E-state index in [1.54, 1.807) is 0 Å². The van der Waals surface area contributed by atoms with Crippen LogP contribution in [-0.4, -0.2) is 37.6 Å². The Balaban J connectivity index is 1.48. The van der Waals surface area contributed by atoms with Gasteiger partial charge in [-0.1, -0.05) is 30.3 Å². The van der Waals surface area contributed by atoms with Crippen LogP contribution in [0.15, 0.2) is 67.3 Å². The minimum atomic E-state index is 0.377. The highest BCUT2D eigenvalue weighted by atomic mass is 15.2. The molecule has 0 aliphatic rings. The van der Waals surface area contributed by atoms with E-state index in [4.69, 9.17) is 0 Å². The molecule has 0 N–H and O–H groups in total. The molecule has 0 fully saturated rings. The van der Waals surface area contributed by atoms with Gasteiger partial charge in [-0.15, -0.1) is 0 Å². The summed E-state index contributed by atoms with van der Waals surface area (Å²) >= 11 is 0. The quantitative estimate of drug-likeness (QED) is 0.510. The van der Waals surface area contributed by atoms with Gasteiger partial charge in [0.2, 0.25) is 0 Å². The van der Waals surface area contributed by atoms with Crippen LogP contribution in [0.2, 0.25) is 0 Å². The fourth-order valence-electron chi connectivity index (χ4n) is 3.43. The number of nitrogens with zero attached hydrogens (tertiary/aromatic N) is 5. The van der Waals surface area contributed by atoms with E-state index in [0.717, 1.165) is 41.0 Å². The van der Waals surface area contributed by atoms with E-state index in [1.807, 2.05) is 47.4 Å². The number of benzene rings is 1. The lowest BCUT2D eigenvalue weighted by Gasteiger charge is -2.24. The van der Waals surface area contributed by atoms with Crippen molar-refractivity contribution in [3.8, 4) is 11.1 Å². The Morgan fingerprint density at radius 1 is 1.07 bits per heavy atom. The molecule has 4 rings (SSSR count). The summed E-state index contributed by atoms with van der Waals surface area (Å²) in [5, 5.41) is 4.51. The van der Waals surface area contributed by atoms with Crippen molar-refractivity contribution >= 4 is 5.65 Å². The van der Waals surface area contributed by atoms with Crippen LogP contribution < -0.4 is 0 Å². The summed E-state index contributed by atoms with van der Waals surface area (Å²) in [5.41, 5.74) is 6.60. The molecular formula is C23H25N5. The van der Waals surface area contributed by atoms with Crippen molar-refractivity contribution < 1.29 is 0 Å². The summed E-state index contributed by atoms with van der Waals surface area (Å²) in [6, 6.07) is 14.8. The van der Waals surface area contributed by atoms with Crippen molar-refractivity contribution in [1.29, 1.82) is 0 Å². The molecule has 0 bridgehead atoms. The predicted octanol–water partition coefficient (Wildman–Crippen LogP) is 4.16.